The Balaban J connectivity index is 2.73. The SMILES string of the molecule is CC(=O)c1ccnc(OCCO)c1. The molecule has 1 rings (SSSR count). The van der Waals surface area contributed by atoms with Crippen molar-refractivity contribution in [3.8, 4) is 5.88 Å². The van der Waals surface area contributed by atoms with E-state index < -0.39 is 0 Å². The fraction of sp³-hybridized carbons (Fsp3) is 0.333. The molecule has 0 aromatic carbocycles. The number of aliphatic hydroxyl groups is 1. The van der Waals surface area contributed by atoms with Crippen LogP contribution in [0, 0.1) is 0 Å². The summed E-state index contributed by atoms with van der Waals surface area (Å²) in [6, 6.07) is 3.17. The lowest BCUT2D eigenvalue weighted by molar-refractivity contribution is 0.101. The van der Waals surface area contributed by atoms with Gasteiger partial charge in [0.05, 0.1) is 6.61 Å². The molecule has 0 atom stereocenters. The summed E-state index contributed by atoms with van der Waals surface area (Å²) < 4.78 is 5.03. The van der Waals surface area contributed by atoms with Crippen LogP contribution in [0.1, 0.15) is 17.3 Å². The van der Waals surface area contributed by atoms with Gasteiger partial charge in [0, 0.05) is 17.8 Å². The Morgan fingerprint density at radius 2 is 2.46 bits per heavy atom. The third-order valence-electron chi connectivity index (χ3n) is 1.48. The van der Waals surface area contributed by atoms with Gasteiger partial charge < -0.3 is 9.84 Å². The van der Waals surface area contributed by atoms with Crippen LogP contribution in [0.25, 0.3) is 0 Å². The maximum absolute atomic E-state index is 10.9. The van der Waals surface area contributed by atoms with Crippen molar-refractivity contribution in [2.45, 2.75) is 6.92 Å². The number of aromatic nitrogens is 1. The Bertz CT molecular complexity index is 299. The highest BCUT2D eigenvalue weighted by molar-refractivity contribution is 5.94. The lowest BCUT2D eigenvalue weighted by atomic mass is 10.2. The summed E-state index contributed by atoms with van der Waals surface area (Å²) in [6.07, 6.45) is 1.50. The van der Waals surface area contributed by atoms with Gasteiger partial charge in [-0.25, -0.2) is 4.98 Å². The molecule has 0 aliphatic heterocycles. The number of carbonyl (C=O) groups excluding carboxylic acids is 1. The molecule has 13 heavy (non-hydrogen) atoms. The van der Waals surface area contributed by atoms with E-state index in [2.05, 4.69) is 4.98 Å². The molecule has 4 heteroatoms. The number of carbonyl (C=O) groups is 1. The molecule has 1 N–H and O–H groups in total. The van der Waals surface area contributed by atoms with Gasteiger partial charge in [0.25, 0.3) is 0 Å². The first-order chi connectivity index (χ1) is 6.24. The average Bonchev–Trinajstić information content (AvgIpc) is 2.15. The Morgan fingerprint density at radius 3 is 3.08 bits per heavy atom. The lowest BCUT2D eigenvalue weighted by Gasteiger charge is -2.03. The summed E-state index contributed by atoms with van der Waals surface area (Å²) >= 11 is 0. The van der Waals surface area contributed by atoms with Crippen molar-refractivity contribution >= 4 is 5.78 Å². The van der Waals surface area contributed by atoms with Gasteiger partial charge in [-0.2, -0.15) is 0 Å². The summed E-state index contributed by atoms with van der Waals surface area (Å²) in [5, 5.41) is 8.49. The van der Waals surface area contributed by atoms with E-state index in [-0.39, 0.29) is 19.0 Å². The molecule has 0 bridgehead atoms. The minimum Gasteiger partial charge on any atom is -0.475 e. The number of aliphatic hydroxyl groups excluding tert-OH is 1. The highest BCUT2D eigenvalue weighted by Crippen LogP contribution is 2.09. The number of ketones is 1. The molecule has 1 heterocycles. The molecular weight excluding hydrogens is 170 g/mol. The number of hydrogen-bond acceptors (Lipinski definition) is 4. The second kappa shape index (κ2) is 4.57. The molecule has 0 unspecified atom stereocenters. The van der Waals surface area contributed by atoms with Gasteiger partial charge in [0.15, 0.2) is 5.78 Å². The summed E-state index contributed by atoms with van der Waals surface area (Å²) in [6.45, 7) is 1.60. The number of rotatable bonds is 4. The van der Waals surface area contributed by atoms with Gasteiger partial charge in [-0.3, -0.25) is 4.79 Å². The lowest BCUT2D eigenvalue weighted by Crippen LogP contribution is -2.04. The number of hydrogen-bond donors (Lipinski definition) is 1. The number of Topliss-reactive ketones (excluding diaryl/α,β-unsaturated/α-hetero) is 1. The first-order valence-corrected chi connectivity index (χ1v) is 3.94. The second-order valence-electron chi connectivity index (χ2n) is 2.51. The standard InChI is InChI=1S/C9H11NO3/c1-7(12)8-2-3-10-9(6-8)13-5-4-11/h2-3,6,11H,4-5H2,1H3. The van der Waals surface area contributed by atoms with Crippen LogP contribution in [0.15, 0.2) is 18.3 Å². The number of pyridine rings is 1. The normalized spacial score (nSPS) is 9.69. The molecule has 0 aliphatic carbocycles. The van der Waals surface area contributed by atoms with E-state index in [9.17, 15) is 4.79 Å². The molecule has 0 fully saturated rings. The van der Waals surface area contributed by atoms with Crippen molar-refractivity contribution in [1.82, 2.24) is 4.98 Å². The Kier molecular flexibility index (Phi) is 3.40. The molecule has 4 nitrogen and oxygen atoms in total. The Hall–Kier alpha value is -1.42. The van der Waals surface area contributed by atoms with Gasteiger partial charge in [-0.05, 0) is 13.0 Å². The van der Waals surface area contributed by atoms with Gasteiger partial charge in [-0.1, -0.05) is 0 Å². The van der Waals surface area contributed by atoms with Crippen LogP contribution in [0.3, 0.4) is 0 Å². The molecule has 0 radical (unpaired) electrons. The minimum absolute atomic E-state index is 0.0313. The highest BCUT2D eigenvalue weighted by Gasteiger charge is 2.01. The van der Waals surface area contributed by atoms with E-state index in [0.29, 0.717) is 11.4 Å². The summed E-state index contributed by atoms with van der Waals surface area (Å²) in [5.74, 6) is 0.331. The molecule has 0 spiro atoms. The van der Waals surface area contributed by atoms with E-state index >= 15 is 0 Å². The molecule has 0 amide bonds. The molecule has 70 valence electrons. The summed E-state index contributed by atoms with van der Waals surface area (Å²) in [4.78, 5) is 14.8. The van der Waals surface area contributed by atoms with Crippen molar-refractivity contribution < 1.29 is 14.6 Å². The number of ether oxygens (including phenoxy) is 1. The maximum atomic E-state index is 10.9. The fourth-order valence-corrected chi connectivity index (χ4v) is 0.858. The predicted molar refractivity (Wildman–Crippen MR) is 46.8 cm³/mol. The van der Waals surface area contributed by atoms with Crippen LogP contribution in [0.5, 0.6) is 5.88 Å². The molecule has 0 saturated heterocycles. The largest absolute Gasteiger partial charge is 0.475 e. The van der Waals surface area contributed by atoms with Gasteiger partial charge in [0.1, 0.15) is 6.61 Å². The minimum atomic E-state index is -0.0635. The van der Waals surface area contributed by atoms with E-state index in [1.165, 1.54) is 13.1 Å². The highest BCUT2D eigenvalue weighted by atomic mass is 16.5. The maximum Gasteiger partial charge on any atom is 0.213 e. The van der Waals surface area contributed by atoms with Crippen LogP contribution in [0.2, 0.25) is 0 Å². The van der Waals surface area contributed by atoms with E-state index in [0.717, 1.165) is 0 Å². The van der Waals surface area contributed by atoms with Crippen molar-refractivity contribution in [2.75, 3.05) is 13.2 Å². The second-order valence-corrected chi connectivity index (χ2v) is 2.51. The monoisotopic (exact) mass is 181 g/mol. The Labute approximate surface area is 76.2 Å². The zero-order chi connectivity index (χ0) is 9.68. The zero-order valence-corrected chi connectivity index (χ0v) is 7.36. The van der Waals surface area contributed by atoms with E-state index in [4.69, 9.17) is 9.84 Å². The Morgan fingerprint density at radius 1 is 1.69 bits per heavy atom. The van der Waals surface area contributed by atoms with E-state index in [1.54, 1.807) is 12.1 Å². The van der Waals surface area contributed by atoms with Crippen molar-refractivity contribution in [3.05, 3.63) is 23.9 Å². The van der Waals surface area contributed by atoms with Crippen LogP contribution >= 0.6 is 0 Å². The third kappa shape index (κ3) is 2.83. The number of nitrogens with zero attached hydrogens (tertiary/aromatic N) is 1. The zero-order valence-electron chi connectivity index (χ0n) is 7.36. The third-order valence-corrected chi connectivity index (χ3v) is 1.48. The average molecular weight is 181 g/mol. The fourth-order valence-electron chi connectivity index (χ4n) is 0.858. The predicted octanol–water partition coefficient (Wildman–Crippen LogP) is 0.655. The summed E-state index contributed by atoms with van der Waals surface area (Å²) in [5.41, 5.74) is 0.558. The molecule has 1 aromatic heterocycles. The van der Waals surface area contributed by atoms with Crippen molar-refractivity contribution in [2.24, 2.45) is 0 Å². The van der Waals surface area contributed by atoms with Crippen LogP contribution in [0.4, 0.5) is 0 Å². The van der Waals surface area contributed by atoms with Gasteiger partial charge >= 0.3 is 0 Å². The quantitative estimate of drug-likeness (QED) is 0.693. The molecule has 1 aromatic rings. The van der Waals surface area contributed by atoms with Crippen molar-refractivity contribution in [1.29, 1.82) is 0 Å². The van der Waals surface area contributed by atoms with Crippen LogP contribution in [-0.2, 0) is 0 Å². The van der Waals surface area contributed by atoms with Crippen LogP contribution in [-0.4, -0.2) is 29.1 Å². The smallest absolute Gasteiger partial charge is 0.213 e. The van der Waals surface area contributed by atoms with Gasteiger partial charge in [-0.15, -0.1) is 0 Å². The van der Waals surface area contributed by atoms with E-state index in [1.807, 2.05) is 0 Å². The van der Waals surface area contributed by atoms with Gasteiger partial charge in [0.2, 0.25) is 5.88 Å². The molecular formula is C9H11NO3. The molecule has 0 saturated carbocycles. The first kappa shape index (κ1) is 9.67. The molecule has 0 aliphatic rings. The summed E-state index contributed by atoms with van der Waals surface area (Å²) in [7, 11) is 0. The first-order valence-electron chi connectivity index (χ1n) is 3.94. The van der Waals surface area contributed by atoms with Crippen LogP contribution < -0.4 is 4.74 Å². The van der Waals surface area contributed by atoms with Crippen molar-refractivity contribution in [3.63, 3.8) is 0 Å². The topological polar surface area (TPSA) is 59.4 Å².